The predicted molar refractivity (Wildman–Crippen MR) is 72.4 cm³/mol. The Hall–Kier alpha value is -0.970. The molecule has 1 aromatic heterocycles. The third kappa shape index (κ3) is 4.26. The van der Waals surface area contributed by atoms with Crippen LogP contribution in [-0.2, 0) is 0 Å². The van der Waals surface area contributed by atoms with Gasteiger partial charge in [-0.05, 0) is 24.9 Å². The van der Waals surface area contributed by atoms with Crippen LogP contribution in [0.5, 0.6) is 0 Å². The number of rotatable bonds is 6. The minimum absolute atomic E-state index is 0.642. The number of anilines is 2. The van der Waals surface area contributed by atoms with E-state index in [1.165, 1.54) is 0 Å². The van der Waals surface area contributed by atoms with Crippen molar-refractivity contribution in [2.45, 2.75) is 13.8 Å². The van der Waals surface area contributed by atoms with E-state index in [1.807, 2.05) is 31.8 Å². The summed E-state index contributed by atoms with van der Waals surface area (Å²) in [7, 11) is 1.83. The number of aromatic nitrogens is 2. The maximum Gasteiger partial charge on any atom is 0.224 e. The highest BCUT2D eigenvalue weighted by atomic mass is 32.2. The maximum absolute atomic E-state index is 4.34. The molecule has 0 spiro atoms. The molecule has 1 unspecified atom stereocenters. The van der Waals surface area contributed by atoms with Gasteiger partial charge in [0.15, 0.2) is 0 Å². The Morgan fingerprint density at radius 2 is 2.19 bits per heavy atom. The van der Waals surface area contributed by atoms with Crippen molar-refractivity contribution in [1.29, 1.82) is 0 Å². The van der Waals surface area contributed by atoms with Gasteiger partial charge in [-0.2, -0.15) is 16.7 Å². The average molecular weight is 240 g/mol. The molecule has 1 aromatic rings. The van der Waals surface area contributed by atoms with Crippen LogP contribution in [-0.4, -0.2) is 35.6 Å². The highest BCUT2D eigenvalue weighted by Crippen LogP contribution is 2.11. The minimum Gasteiger partial charge on any atom is -0.370 e. The molecule has 0 fully saturated rings. The van der Waals surface area contributed by atoms with Gasteiger partial charge >= 0.3 is 0 Å². The molecule has 16 heavy (non-hydrogen) atoms. The zero-order valence-electron chi connectivity index (χ0n) is 10.4. The van der Waals surface area contributed by atoms with Gasteiger partial charge in [0.25, 0.3) is 0 Å². The van der Waals surface area contributed by atoms with E-state index in [-0.39, 0.29) is 0 Å². The standard InChI is InChI=1S/C11H20N4S/c1-8(7-16-4)6-13-10-5-9(2)14-11(12-3)15-10/h5,8H,6-7H2,1-4H3,(H2,12,13,14,15). The molecule has 2 N–H and O–H groups in total. The molecule has 1 heterocycles. The molecule has 1 rings (SSSR count). The summed E-state index contributed by atoms with van der Waals surface area (Å²) >= 11 is 1.87. The molecule has 0 amide bonds. The van der Waals surface area contributed by atoms with Crippen LogP contribution in [0.2, 0.25) is 0 Å². The zero-order valence-corrected chi connectivity index (χ0v) is 11.2. The lowest BCUT2D eigenvalue weighted by Crippen LogP contribution is -2.14. The van der Waals surface area contributed by atoms with Crippen molar-refractivity contribution >= 4 is 23.5 Å². The van der Waals surface area contributed by atoms with Gasteiger partial charge < -0.3 is 10.6 Å². The Morgan fingerprint density at radius 1 is 1.44 bits per heavy atom. The van der Waals surface area contributed by atoms with Crippen LogP contribution in [0.15, 0.2) is 6.07 Å². The topological polar surface area (TPSA) is 49.8 Å². The monoisotopic (exact) mass is 240 g/mol. The second-order valence-electron chi connectivity index (χ2n) is 3.91. The summed E-state index contributed by atoms with van der Waals surface area (Å²) in [6.07, 6.45) is 2.13. The summed E-state index contributed by atoms with van der Waals surface area (Å²) in [5.74, 6) is 3.36. The van der Waals surface area contributed by atoms with E-state index in [2.05, 4.69) is 33.8 Å². The summed E-state index contributed by atoms with van der Waals surface area (Å²) < 4.78 is 0. The lowest BCUT2D eigenvalue weighted by molar-refractivity contribution is 0.699. The Morgan fingerprint density at radius 3 is 2.81 bits per heavy atom. The second-order valence-corrected chi connectivity index (χ2v) is 4.82. The first-order chi connectivity index (χ1) is 7.65. The van der Waals surface area contributed by atoms with Crippen molar-refractivity contribution in [2.24, 2.45) is 5.92 Å². The Bertz CT molecular complexity index is 330. The number of hydrogen-bond donors (Lipinski definition) is 2. The SMILES string of the molecule is CNc1nc(C)cc(NCC(C)CSC)n1. The fraction of sp³-hybridized carbons (Fsp3) is 0.636. The quantitative estimate of drug-likeness (QED) is 0.798. The van der Waals surface area contributed by atoms with E-state index < -0.39 is 0 Å². The number of nitrogens with one attached hydrogen (secondary N) is 2. The molecular formula is C11H20N4S. The van der Waals surface area contributed by atoms with Crippen molar-refractivity contribution in [3.8, 4) is 0 Å². The molecule has 90 valence electrons. The van der Waals surface area contributed by atoms with Crippen molar-refractivity contribution in [3.05, 3.63) is 11.8 Å². The van der Waals surface area contributed by atoms with Gasteiger partial charge in [0.1, 0.15) is 5.82 Å². The van der Waals surface area contributed by atoms with Crippen LogP contribution in [0.1, 0.15) is 12.6 Å². The van der Waals surface area contributed by atoms with Crippen LogP contribution < -0.4 is 10.6 Å². The van der Waals surface area contributed by atoms with Gasteiger partial charge in [-0.15, -0.1) is 0 Å². The molecular weight excluding hydrogens is 220 g/mol. The molecule has 5 heteroatoms. The fourth-order valence-electron chi connectivity index (χ4n) is 1.39. The molecule has 0 aliphatic rings. The van der Waals surface area contributed by atoms with Crippen LogP contribution in [0.25, 0.3) is 0 Å². The Kier molecular flexibility index (Phi) is 5.38. The Labute approximate surface area is 102 Å². The molecule has 4 nitrogen and oxygen atoms in total. The number of thioether (sulfide) groups is 1. The van der Waals surface area contributed by atoms with Crippen molar-refractivity contribution in [2.75, 3.05) is 36.2 Å². The molecule has 0 saturated heterocycles. The highest BCUT2D eigenvalue weighted by Gasteiger charge is 2.03. The van der Waals surface area contributed by atoms with Gasteiger partial charge in [-0.3, -0.25) is 0 Å². The second kappa shape index (κ2) is 6.58. The molecule has 0 bridgehead atoms. The van der Waals surface area contributed by atoms with Gasteiger partial charge in [0, 0.05) is 25.4 Å². The van der Waals surface area contributed by atoms with Crippen LogP contribution in [0.4, 0.5) is 11.8 Å². The predicted octanol–water partition coefficient (Wildman–Crippen LogP) is 2.24. The zero-order chi connectivity index (χ0) is 12.0. The van der Waals surface area contributed by atoms with Crippen molar-refractivity contribution in [1.82, 2.24) is 9.97 Å². The lowest BCUT2D eigenvalue weighted by atomic mass is 10.2. The van der Waals surface area contributed by atoms with Gasteiger partial charge in [-0.1, -0.05) is 6.92 Å². The first-order valence-electron chi connectivity index (χ1n) is 5.42. The fourth-order valence-corrected chi connectivity index (χ4v) is 2.08. The van der Waals surface area contributed by atoms with E-state index in [1.54, 1.807) is 0 Å². The first kappa shape index (κ1) is 13.1. The summed E-state index contributed by atoms with van der Waals surface area (Å²) in [5.41, 5.74) is 0.972. The van der Waals surface area contributed by atoms with Crippen molar-refractivity contribution < 1.29 is 0 Å². The normalized spacial score (nSPS) is 12.2. The highest BCUT2D eigenvalue weighted by molar-refractivity contribution is 7.98. The number of aryl methyl sites for hydroxylation is 1. The van der Waals surface area contributed by atoms with Crippen LogP contribution >= 0.6 is 11.8 Å². The minimum atomic E-state index is 0.642. The summed E-state index contributed by atoms with van der Waals surface area (Å²) in [6, 6.07) is 1.96. The Balaban J connectivity index is 2.56. The molecule has 0 radical (unpaired) electrons. The molecule has 0 aliphatic carbocycles. The van der Waals surface area contributed by atoms with Gasteiger partial charge in [-0.25, -0.2) is 4.98 Å². The number of hydrogen-bond acceptors (Lipinski definition) is 5. The smallest absolute Gasteiger partial charge is 0.224 e. The van der Waals surface area contributed by atoms with E-state index in [0.717, 1.165) is 23.8 Å². The first-order valence-corrected chi connectivity index (χ1v) is 6.81. The van der Waals surface area contributed by atoms with Crippen molar-refractivity contribution in [3.63, 3.8) is 0 Å². The average Bonchev–Trinajstić information content (AvgIpc) is 2.26. The van der Waals surface area contributed by atoms with E-state index >= 15 is 0 Å². The summed E-state index contributed by atoms with van der Waals surface area (Å²) in [5, 5.41) is 6.29. The van der Waals surface area contributed by atoms with Gasteiger partial charge in [0.05, 0.1) is 0 Å². The number of nitrogens with zero attached hydrogens (tertiary/aromatic N) is 2. The van der Waals surface area contributed by atoms with Crippen LogP contribution in [0, 0.1) is 12.8 Å². The molecule has 1 atom stereocenters. The van der Waals surface area contributed by atoms with E-state index in [4.69, 9.17) is 0 Å². The van der Waals surface area contributed by atoms with E-state index in [0.29, 0.717) is 11.9 Å². The van der Waals surface area contributed by atoms with Gasteiger partial charge in [0.2, 0.25) is 5.95 Å². The third-order valence-electron chi connectivity index (χ3n) is 2.16. The summed E-state index contributed by atoms with van der Waals surface area (Å²) in [4.78, 5) is 8.59. The molecule has 0 aliphatic heterocycles. The molecule has 0 saturated carbocycles. The van der Waals surface area contributed by atoms with Crippen LogP contribution in [0.3, 0.4) is 0 Å². The largest absolute Gasteiger partial charge is 0.370 e. The maximum atomic E-state index is 4.34. The lowest BCUT2D eigenvalue weighted by Gasteiger charge is -2.12. The third-order valence-corrected chi connectivity index (χ3v) is 3.06. The van der Waals surface area contributed by atoms with E-state index in [9.17, 15) is 0 Å². The summed E-state index contributed by atoms with van der Waals surface area (Å²) in [6.45, 7) is 5.15. The molecule has 0 aromatic carbocycles.